The fourth-order valence-electron chi connectivity index (χ4n) is 4.85. The molecule has 0 spiro atoms. The number of rotatable bonds is 14. The Labute approximate surface area is 297 Å². The highest BCUT2D eigenvalue weighted by Gasteiger charge is 2.26. The Morgan fingerprint density at radius 2 is 0.760 bits per heavy atom. The largest absolute Gasteiger partial charge is 0.481 e. The van der Waals surface area contributed by atoms with E-state index in [-0.39, 0.29) is 75.9 Å². The van der Waals surface area contributed by atoms with Crippen molar-refractivity contribution in [1.29, 1.82) is 0 Å². The molecule has 1 fully saturated rings. The van der Waals surface area contributed by atoms with E-state index in [0.29, 0.717) is 52.4 Å². The van der Waals surface area contributed by atoms with Gasteiger partial charge in [0.1, 0.15) is 16.8 Å². The van der Waals surface area contributed by atoms with Crippen LogP contribution in [0.2, 0.25) is 0 Å². The van der Waals surface area contributed by atoms with Crippen molar-refractivity contribution in [2.24, 2.45) is 0 Å². The molecule has 0 aliphatic carbocycles. The van der Waals surface area contributed by atoms with Crippen molar-refractivity contribution in [3.63, 3.8) is 0 Å². The summed E-state index contributed by atoms with van der Waals surface area (Å²) in [6, 6.07) is 0. The highest BCUT2D eigenvalue weighted by atomic mass is 16.6. The van der Waals surface area contributed by atoms with Gasteiger partial charge in [-0.15, -0.1) is 0 Å². The van der Waals surface area contributed by atoms with Crippen LogP contribution in [0.5, 0.6) is 0 Å². The lowest BCUT2D eigenvalue weighted by molar-refractivity contribution is -0.158. The normalized spacial score (nSPS) is 16.7. The minimum absolute atomic E-state index is 0.0178. The molecule has 2 amide bonds. The number of nitrogens with zero attached hydrogens (tertiary/aromatic N) is 4. The molecule has 0 bridgehead atoms. The molecular weight excluding hydrogens is 652 g/mol. The number of aliphatic carboxylic acids is 1. The van der Waals surface area contributed by atoms with Gasteiger partial charge in [-0.05, 0) is 62.3 Å². The number of ether oxygens (including phenoxy) is 3. The summed E-state index contributed by atoms with van der Waals surface area (Å²) in [5, 5.41) is 14.1. The molecule has 0 aromatic carbocycles. The lowest BCUT2D eigenvalue weighted by Gasteiger charge is -2.34. The van der Waals surface area contributed by atoms with Crippen LogP contribution in [-0.2, 0) is 43.0 Å². The fraction of sp³-hybridized carbons (Fsp3) is 0.824. The van der Waals surface area contributed by atoms with Gasteiger partial charge in [-0.3, -0.25) is 48.4 Å². The second-order valence-electron chi connectivity index (χ2n) is 15.5. The summed E-state index contributed by atoms with van der Waals surface area (Å²) in [4.78, 5) is 81.7. The third-order valence-corrected chi connectivity index (χ3v) is 6.95. The van der Waals surface area contributed by atoms with Gasteiger partial charge < -0.3 is 30.0 Å². The summed E-state index contributed by atoms with van der Waals surface area (Å²) in [6.07, 6.45) is -0.416. The van der Waals surface area contributed by atoms with E-state index in [4.69, 9.17) is 19.3 Å². The maximum atomic E-state index is 13.0. The van der Waals surface area contributed by atoms with Crippen LogP contribution in [0.3, 0.4) is 0 Å². The van der Waals surface area contributed by atoms with Crippen LogP contribution in [0.1, 0.15) is 75.2 Å². The Morgan fingerprint density at radius 3 is 1.04 bits per heavy atom. The highest BCUT2D eigenvalue weighted by Crippen LogP contribution is 2.11. The van der Waals surface area contributed by atoms with Gasteiger partial charge in [0.2, 0.25) is 11.8 Å². The van der Waals surface area contributed by atoms with Gasteiger partial charge in [0, 0.05) is 71.9 Å². The number of carboxylic acid groups (broad SMARTS) is 1. The van der Waals surface area contributed by atoms with Gasteiger partial charge in [0.25, 0.3) is 0 Å². The Hall–Kier alpha value is -3.34. The monoisotopic (exact) mass is 714 g/mol. The lowest BCUT2D eigenvalue weighted by atomic mass is 10.2. The molecule has 0 aromatic heterocycles. The molecule has 16 heteroatoms. The van der Waals surface area contributed by atoms with Gasteiger partial charge in [0.05, 0.1) is 32.6 Å². The molecule has 1 aliphatic heterocycles. The molecule has 0 saturated carbocycles. The molecule has 0 unspecified atom stereocenters. The number of esters is 3. The van der Waals surface area contributed by atoms with Gasteiger partial charge in [-0.2, -0.15) is 0 Å². The molecular formula is C34H62N6O10. The molecule has 1 saturated heterocycles. The number of amides is 2. The second kappa shape index (κ2) is 21.1. The zero-order chi connectivity index (χ0) is 38.1. The topological polar surface area (TPSA) is 187 Å². The van der Waals surface area contributed by atoms with E-state index in [9.17, 15) is 28.8 Å². The van der Waals surface area contributed by atoms with Crippen molar-refractivity contribution in [3.8, 4) is 0 Å². The summed E-state index contributed by atoms with van der Waals surface area (Å²) in [6.45, 7) is 20.0. The summed E-state index contributed by atoms with van der Waals surface area (Å²) < 4.78 is 16.7. The Morgan fingerprint density at radius 1 is 0.480 bits per heavy atom. The predicted molar refractivity (Wildman–Crippen MR) is 186 cm³/mol. The molecule has 0 atom stereocenters. The van der Waals surface area contributed by atoms with Crippen molar-refractivity contribution in [2.75, 3.05) is 91.6 Å². The minimum atomic E-state index is -1.06. The van der Waals surface area contributed by atoms with Crippen LogP contribution in [0.15, 0.2) is 0 Å². The number of hydrogen-bond donors (Lipinski definition) is 3. The summed E-state index contributed by atoms with van der Waals surface area (Å²) in [7, 11) is 0. The zero-order valence-corrected chi connectivity index (χ0v) is 31.7. The van der Waals surface area contributed by atoms with Crippen molar-refractivity contribution in [3.05, 3.63) is 0 Å². The fourth-order valence-corrected chi connectivity index (χ4v) is 4.85. The number of nitrogens with one attached hydrogen (secondary N) is 2. The highest BCUT2D eigenvalue weighted by molar-refractivity contribution is 5.81. The minimum Gasteiger partial charge on any atom is -0.481 e. The van der Waals surface area contributed by atoms with Crippen molar-refractivity contribution in [1.82, 2.24) is 30.2 Å². The van der Waals surface area contributed by atoms with Gasteiger partial charge in [-0.25, -0.2) is 0 Å². The first kappa shape index (κ1) is 44.7. The molecule has 0 radical (unpaired) electrons. The van der Waals surface area contributed by atoms with Crippen molar-refractivity contribution >= 4 is 35.7 Å². The number of carboxylic acids is 1. The molecule has 16 nitrogen and oxygen atoms in total. The standard InChI is InChI=1S/C34H62N6O10/c1-32(2,3)48-29(45)23-38-16-14-37(22-27(42)36-13-12-35-26(41)10-11-28(43)44)15-17-39(24-30(46)49-33(4,5)6)19-21-40(20-18-38)25-31(47)50-34(7,8)9/h10-25H2,1-9H3,(H,35,41)(H,36,42)(H,43,44). The SMILES string of the molecule is CC(C)(C)OC(=O)CN1CCN(CC(=O)NCCNC(=O)CCC(=O)O)CCN(CC(=O)OC(C)(C)C)CCN(CC(=O)OC(C)(C)C)CC1. The van der Waals surface area contributed by atoms with Gasteiger partial charge in [0.15, 0.2) is 0 Å². The van der Waals surface area contributed by atoms with E-state index in [0.717, 1.165) is 0 Å². The first-order chi connectivity index (χ1) is 23.0. The Kier molecular flexibility index (Phi) is 18.9. The molecule has 50 heavy (non-hydrogen) atoms. The summed E-state index contributed by atoms with van der Waals surface area (Å²) in [5.41, 5.74) is -1.98. The van der Waals surface area contributed by atoms with Crippen LogP contribution >= 0.6 is 0 Å². The van der Waals surface area contributed by atoms with Crippen LogP contribution < -0.4 is 10.6 Å². The average Bonchev–Trinajstić information content (AvgIpc) is 2.92. The number of hydrogen-bond acceptors (Lipinski definition) is 13. The van der Waals surface area contributed by atoms with E-state index < -0.39 is 28.7 Å². The van der Waals surface area contributed by atoms with E-state index >= 15 is 0 Å². The van der Waals surface area contributed by atoms with E-state index in [1.165, 1.54) is 0 Å². The average molecular weight is 715 g/mol. The number of carbonyl (C=O) groups excluding carboxylic acids is 5. The lowest BCUT2D eigenvalue weighted by Crippen LogP contribution is -2.50. The zero-order valence-electron chi connectivity index (χ0n) is 31.7. The molecule has 1 heterocycles. The van der Waals surface area contributed by atoms with Crippen LogP contribution in [0.4, 0.5) is 0 Å². The first-order valence-electron chi connectivity index (χ1n) is 17.3. The quantitative estimate of drug-likeness (QED) is 0.127. The molecule has 1 rings (SSSR count). The Balaban J connectivity index is 3.12. The van der Waals surface area contributed by atoms with Gasteiger partial charge in [-0.1, -0.05) is 0 Å². The number of carbonyl (C=O) groups is 6. The second-order valence-corrected chi connectivity index (χ2v) is 15.5. The van der Waals surface area contributed by atoms with Crippen LogP contribution in [0, 0.1) is 0 Å². The van der Waals surface area contributed by atoms with E-state index in [1.54, 1.807) is 62.3 Å². The third kappa shape index (κ3) is 23.9. The maximum absolute atomic E-state index is 13.0. The predicted octanol–water partition coefficient (Wildman–Crippen LogP) is 0.330. The van der Waals surface area contributed by atoms with Crippen LogP contribution in [-0.4, -0.2) is 169 Å². The van der Waals surface area contributed by atoms with Crippen LogP contribution in [0.25, 0.3) is 0 Å². The van der Waals surface area contributed by atoms with Gasteiger partial charge >= 0.3 is 23.9 Å². The molecule has 3 N–H and O–H groups in total. The van der Waals surface area contributed by atoms with Crippen molar-refractivity contribution < 1.29 is 48.1 Å². The summed E-state index contributed by atoms with van der Waals surface area (Å²) in [5.74, 6) is -2.91. The smallest absolute Gasteiger partial charge is 0.320 e. The maximum Gasteiger partial charge on any atom is 0.320 e. The van der Waals surface area contributed by atoms with Crippen molar-refractivity contribution in [2.45, 2.75) is 92.0 Å². The van der Waals surface area contributed by atoms with E-state index in [1.807, 2.05) is 19.6 Å². The molecule has 0 aromatic rings. The summed E-state index contributed by atoms with van der Waals surface area (Å²) >= 11 is 0. The Bertz CT molecular complexity index is 1080. The molecule has 1 aliphatic rings. The third-order valence-electron chi connectivity index (χ3n) is 6.95. The first-order valence-corrected chi connectivity index (χ1v) is 17.3. The molecule has 288 valence electrons. The van der Waals surface area contributed by atoms with E-state index in [2.05, 4.69) is 10.6 Å².